The second kappa shape index (κ2) is 10.2. The zero-order valence-electron chi connectivity index (χ0n) is 19.1. The molecule has 2 aromatic carbocycles. The molecule has 1 heterocycles. The van der Waals surface area contributed by atoms with Crippen molar-refractivity contribution in [3.63, 3.8) is 0 Å². The van der Waals surface area contributed by atoms with Crippen LogP contribution in [0.25, 0.3) is 0 Å². The third-order valence-electron chi connectivity index (χ3n) is 6.51. The van der Waals surface area contributed by atoms with Crippen LogP contribution in [0.1, 0.15) is 49.1 Å². The van der Waals surface area contributed by atoms with Gasteiger partial charge in [0.05, 0.1) is 40.0 Å². The maximum absolute atomic E-state index is 12.6. The van der Waals surface area contributed by atoms with Crippen LogP contribution in [-0.4, -0.2) is 40.0 Å². The standard InChI is InChI=1S/C26H32O6/c1-28-22-11-9-18(15-24(22)30-3)20-14-19(26(27)31-16-20)12-17-8-10-23(29-2)25(13-17)32-21-6-4-5-7-21/h8-11,13,15,19-21H,4-7,12,14,16H2,1-3H3/t19?,20-/m1/s1. The number of esters is 1. The molecule has 4 rings (SSSR count). The highest BCUT2D eigenvalue weighted by atomic mass is 16.5. The molecule has 0 aromatic heterocycles. The van der Waals surface area contributed by atoms with Crippen molar-refractivity contribution in [3.8, 4) is 23.0 Å². The van der Waals surface area contributed by atoms with E-state index in [0.29, 0.717) is 24.5 Å². The first kappa shape index (κ1) is 22.3. The fraction of sp³-hybridized carbons (Fsp3) is 0.500. The van der Waals surface area contributed by atoms with Gasteiger partial charge in [0.2, 0.25) is 0 Å². The first-order valence-electron chi connectivity index (χ1n) is 11.3. The van der Waals surface area contributed by atoms with Crippen molar-refractivity contribution in [3.05, 3.63) is 47.5 Å². The minimum atomic E-state index is -0.213. The Hall–Kier alpha value is -2.89. The highest BCUT2D eigenvalue weighted by Crippen LogP contribution is 2.38. The molecule has 0 spiro atoms. The lowest BCUT2D eigenvalue weighted by atomic mass is 9.84. The van der Waals surface area contributed by atoms with Crippen LogP contribution in [0.5, 0.6) is 23.0 Å². The van der Waals surface area contributed by atoms with Crippen molar-refractivity contribution in [1.82, 2.24) is 0 Å². The highest BCUT2D eigenvalue weighted by molar-refractivity contribution is 5.74. The molecular formula is C26H32O6. The van der Waals surface area contributed by atoms with Gasteiger partial charge in [0, 0.05) is 5.92 Å². The van der Waals surface area contributed by atoms with E-state index in [9.17, 15) is 4.79 Å². The Morgan fingerprint density at radius 3 is 2.28 bits per heavy atom. The molecule has 0 radical (unpaired) electrons. The monoisotopic (exact) mass is 440 g/mol. The first-order chi connectivity index (χ1) is 15.6. The van der Waals surface area contributed by atoms with Crippen molar-refractivity contribution in [2.75, 3.05) is 27.9 Å². The smallest absolute Gasteiger partial charge is 0.309 e. The molecule has 1 unspecified atom stereocenters. The maximum Gasteiger partial charge on any atom is 0.309 e. The van der Waals surface area contributed by atoms with E-state index in [2.05, 4.69) is 0 Å². The lowest BCUT2D eigenvalue weighted by Gasteiger charge is -2.29. The van der Waals surface area contributed by atoms with Crippen LogP contribution in [0.4, 0.5) is 0 Å². The first-order valence-corrected chi connectivity index (χ1v) is 11.3. The van der Waals surface area contributed by atoms with Gasteiger partial charge in [-0.1, -0.05) is 12.1 Å². The Kier molecular flexibility index (Phi) is 7.08. The Morgan fingerprint density at radius 1 is 0.875 bits per heavy atom. The zero-order chi connectivity index (χ0) is 22.5. The molecule has 32 heavy (non-hydrogen) atoms. The number of ether oxygens (including phenoxy) is 5. The van der Waals surface area contributed by atoms with Gasteiger partial charge in [0.25, 0.3) is 0 Å². The van der Waals surface area contributed by atoms with Crippen molar-refractivity contribution in [2.24, 2.45) is 5.92 Å². The quantitative estimate of drug-likeness (QED) is 0.543. The van der Waals surface area contributed by atoms with Gasteiger partial charge in [0.1, 0.15) is 0 Å². The summed E-state index contributed by atoms with van der Waals surface area (Å²) in [5.74, 6) is 2.62. The second-order valence-electron chi connectivity index (χ2n) is 8.59. The normalized spacial score (nSPS) is 21.2. The fourth-order valence-corrected chi connectivity index (χ4v) is 4.72. The van der Waals surface area contributed by atoms with Crippen LogP contribution in [0, 0.1) is 5.92 Å². The average Bonchev–Trinajstić information content (AvgIpc) is 3.33. The van der Waals surface area contributed by atoms with Gasteiger partial charge in [-0.05, 0) is 73.9 Å². The fourth-order valence-electron chi connectivity index (χ4n) is 4.72. The molecule has 2 atom stereocenters. The Labute approximate surface area is 189 Å². The van der Waals surface area contributed by atoms with E-state index >= 15 is 0 Å². The van der Waals surface area contributed by atoms with Crippen LogP contribution < -0.4 is 18.9 Å². The summed E-state index contributed by atoms with van der Waals surface area (Å²) in [6, 6.07) is 11.8. The Balaban J connectivity index is 1.49. The van der Waals surface area contributed by atoms with E-state index in [0.717, 1.165) is 41.9 Å². The lowest BCUT2D eigenvalue weighted by Crippen LogP contribution is -2.31. The predicted octanol–water partition coefficient (Wildman–Crippen LogP) is 4.92. The summed E-state index contributed by atoms with van der Waals surface area (Å²) in [4.78, 5) is 12.6. The van der Waals surface area contributed by atoms with Crippen LogP contribution in [-0.2, 0) is 16.0 Å². The van der Waals surface area contributed by atoms with Gasteiger partial charge in [0.15, 0.2) is 23.0 Å². The molecule has 6 heteroatoms. The van der Waals surface area contributed by atoms with E-state index in [-0.39, 0.29) is 23.9 Å². The van der Waals surface area contributed by atoms with E-state index in [1.807, 2.05) is 36.4 Å². The SMILES string of the molecule is COc1ccc([C@H]2COC(=O)C(Cc3ccc(OC)c(OC4CCCC4)c3)C2)cc1OC. The molecule has 0 amide bonds. The zero-order valence-corrected chi connectivity index (χ0v) is 19.1. The molecule has 1 aliphatic heterocycles. The number of methoxy groups -OCH3 is 3. The maximum atomic E-state index is 12.6. The number of carbonyl (C=O) groups excluding carboxylic acids is 1. The number of cyclic esters (lactones) is 1. The topological polar surface area (TPSA) is 63.2 Å². The van der Waals surface area contributed by atoms with Crippen molar-refractivity contribution in [1.29, 1.82) is 0 Å². The Bertz CT molecular complexity index is 934. The Morgan fingerprint density at radius 2 is 1.56 bits per heavy atom. The molecule has 2 aliphatic rings. The summed E-state index contributed by atoms with van der Waals surface area (Å²) < 4.78 is 28.1. The van der Waals surface area contributed by atoms with Gasteiger partial charge in [-0.15, -0.1) is 0 Å². The molecule has 1 saturated heterocycles. The third-order valence-corrected chi connectivity index (χ3v) is 6.51. The molecule has 2 aromatic rings. The van der Waals surface area contributed by atoms with Crippen LogP contribution in [0.2, 0.25) is 0 Å². The third kappa shape index (κ3) is 4.95. The van der Waals surface area contributed by atoms with Crippen molar-refractivity contribution in [2.45, 2.75) is 50.5 Å². The predicted molar refractivity (Wildman–Crippen MR) is 121 cm³/mol. The molecule has 0 bridgehead atoms. The van der Waals surface area contributed by atoms with Crippen molar-refractivity contribution >= 4 is 5.97 Å². The summed E-state index contributed by atoms with van der Waals surface area (Å²) in [7, 11) is 4.90. The van der Waals surface area contributed by atoms with Gasteiger partial charge in [-0.25, -0.2) is 0 Å². The van der Waals surface area contributed by atoms with Gasteiger partial charge in [-0.3, -0.25) is 4.79 Å². The molecule has 0 N–H and O–H groups in total. The lowest BCUT2D eigenvalue weighted by molar-refractivity contribution is -0.154. The summed E-state index contributed by atoms with van der Waals surface area (Å²) >= 11 is 0. The highest BCUT2D eigenvalue weighted by Gasteiger charge is 2.32. The summed E-state index contributed by atoms with van der Waals surface area (Å²) in [5, 5.41) is 0. The average molecular weight is 441 g/mol. The van der Waals surface area contributed by atoms with Crippen molar-refractivity contribution < 1.29 is 28.5 Å². The molecule has 172 valence electrons. The minimum absolute atomic E-state index is 0.116. The molecule has 6 nitrogen and oxygen atoms in total. The number of carbonyl (C=O) groups is 1. The van der Waals surface area contributed by atoms with Gasteiger partial charge < -0.3 is 23.7 Å². The van der Waals surface area contributed by atoms with E-state index in [4.69, 9.17) is 23.7 Å². The second-order valence-corrected chi connectivity index (χ2v) is 8.59. The van der Waals surface area contributed by atoms with Gasteiger partial charge in [-0.2, -0.15) is 0 Å². The van der Waals surface area contributed by atoms with E-state index in [1.54, 1.807) is 21.3 Å². The molecule has 1 saturated carbocycles. The number of hydrogen-bond donors (Lipinski definition) is 0. The van der Waals surface area contributed by atoms with E-state index in [1.165, 1.54) is 12.8 Å². The molecule has 1 aliphatic carbocycles. The summed E-state index contributed by atoms with van der Waals surface area (Å²) in [6.45, 7) is 0.378. The van der Waals surface area contributed by atoms with Gasteiger partial charge >= 0.3 is 5.97 Å². The number of rotatable bonds is 8. The number of hydrogen-bond acceptors (Lipinski definition) is 6. The van der Waals surface area contributed by atoms with Crippen LogP contribution >= 0.6 is 0 Å². The van der Waals surface area contributed by atoms with E-state index < -0.39 is 0 Å². The molecular weight excluding hydrogens is 408 g/mol. The largest absolute Gasteiger partial charge is 0.493 e. The van der Waals surface area contributed by atoms with Crippen LogP contribution in [0.15, 0.2) is 36.4 Å². The summed E-state index contributed by atoms with van der Waals surface area (Å²) in [5.41, 5.74) is 2.13. The number of benzene rings is 2. The summed E-state index contributed by atoms with van der Waals surface area (Å²) in [6.07, 6.45) is 6.14. The van der Waals surface area contributed by atoms with Crippen LogP contribution in [0.3, 0.4) is 0 Å². The molecule has 2 fully saturated rings. The minimum Gasteiger partial charge on any atom is -0.493 e.